The summed E-state index contributed by atoms with van der Waals surface area (Å²) in [7, 11) is 1.50. The molecule has 0 radical (unpaired) electrons. The topological polar surface area (TPSA) is 35.5 Å². The second kappa shape index (κ2) is 5.88. The fraction of sp³-hybridized carbons (Fsp3) is 0.364. The molecule has 15 heavy (non-hydrogen) atoms. The second-order valence-electron chi connectivity index (χ2n) is 3.01. The van der Waals surface area contributed by atoms with E-state index in [0.29, 0.717) is 12.2 Å². The fourth-order valence-corrected chi connectivity index (χ4v) is 1.38. The molecule has 4 heteroatoms. The monoisotopic (exact) mass is 272 g/mol. The van der Waals surface area contributed by atoms with Gasteiger partial charge in [-0.3, -0.25) is 0 Å². The Morgan fingerprint density at radius 3 is 2.47 bits per heavy atom. The molecular formula is C11H13BrO3. The molecule has 0 saturated heterocycles. The molecule has 82 valence electrons. The predicted molar refractivity (Wildman–Crippen MR) is 60.9 cm³/mol. The molecule has 1 aromatic carbocycles. The summed E-state index contributed by atoms with van der Waals surface area (Å²) >= 11 is 3.30. The summed E-state index contributed by atoms with van der Waals surface area (Å²) in [6, 6.07) is 7.08. The van der Waals surface area contributed by atoms with Gasteiger partial charge in [0.05, 0.1) is 0 Å². The number of halogens is 1. The van der Waals surface area contributed by atoms with Crippen LogP contribution in [0.15, 0.2) is 28.7 Å². The summed E-state index contributed by atoms with van der Waals surface area (Å²) in [5.41, 5.74) is 0. The Labute approximate surface area is 97.5 Å². The molecule has 0 saturated carbocycles. The van der Waals surface area contributed by atoms with Gasteiger partial charge in [0.15, 0.2) is 6.10 Å². The summed E-state index contributed by atoms with van der Waals surface area (Å²) in [5, 5.41) is 0. The fourth-order valence-electron chi connectivity index (χ4n) is 1.11. The molecule has 0 aromatic heterocycles. The van der Waals surface area contributed by atoms with Crippen molar-refractivity contribution in [2.45, 2.75) is 19.4 Å². The summed E-state index contributed by atoms with van der Waals surface area (Å²) in [6.07, 6.45) is 0.111. The van der Waals surface area contributed by atoms with Gasteiger partial charge in [0.25, 0.3) is 0 Å². The minimum absolute atomic E-state index is 0.359. The number of hydrogen-bond donors (Lipinski definition) is 0. The van der Waals surface area contributed by atoms with Crippen molar-refractivity contribution in [2.75, 3.05) is 7.11 Å². The molecule has 0 spiro atoms. The third-order valence-corrected chi connectivity index (χ3v) is 2.48. The van der Waals surface area contributed by atoms with Gasteiger partial charge in [-0.1, -0.05) is 22.9 Å². The Hall–Kier alpha value is -0.870. The average Bonchev–Trinajstić information content (AvgIpc) is 2.23. The molecule has 1 unspecified atom stereocenters. The van der Waals surface area contributed by atoms with E-state index in [4.69, 9.17) is 9.47 Å². The van der Waals surface area contributed by atoms with Gasteiger partial charge in [0, 0.05) is 11.6 Å². The Balaban J connectivity index is 2.61. The summed E-state index contributed by atoms with van der Waals surface area (Å²) in [4.78, 5) is 11.5. The highest BCUT2D eigenvalue weighted by molar-refractivity contribution is 9.10. The van der Waals surface area contributed by atoms with Crippen LogP contribution in [0.1, 0.15) is 13.3 Å². The molecule has 0 fully saturated rings. The molecule has 0 bridgehead atoms. The molecule has 0 N–H and O–H groups in total. The summed E-state index contributed by atoms with van der Waals surface area (Å²) in [6.45, 7) is 1.87. The third kappa shape index (κ3) is 3.64. The van der Waals surface area contributed by atoms with Gasteiger partial charge < -0.3 is 9.47 Å². The standard InChI is InChI=1S/C11H13BrO3/c1-3-10(14-2)11(13)15-9-6-4-8(12)5-7-9/h4-7,10H,3H2,1-2H3. The van der Waals surface area contributed by atoms with E-state index in [9.17, 15) is 4.79 Å². The zero-order chi connectivity index (χ0) is 11.3. The molecule has 0 heterocycles. The SMILES string of the molecule is CCC(OC)C(=O)Oc1ccc(Br)cc1. The highest BCUT2D eigenvalue weighted by atomic mass is 79.9. The highest BCUT2D eigenvalue weighted by Gasteiger charge is 2.17. The molecular weight excluding hydrogens is 260 g/mol. The van der Waals surface area contributed by atoms with Crippen LogP contribution >= 0.6 is 15.9 Å². The van der Waals surface area contributed by atoms with Gasteiger partial charge in [-0.15, -0.1) is 0 Å². The van der Waals surface area contributed by atoms with E-state index in [1.54, 1.807) is 12.1 Å². The number of methoxy groups -OCH3 is 1. The number of esters is 1. The average molecular weight is 273 g/mol. The van der Waals surface area contributed by atoms with Crippen molar-refractivity contribution in [1.29, 1.82) is 0 Å². The molecule has 0 aliphatic heterocycles. The molecule has 1 rings (SSSR count). The van der Waals surface area contributed by atoms with Crippen molar-refractivity contribution < 1.29 is 14.3 Å². The first-order valence-corrected chi connectivity index (χ1v) is 5.46. The van der Waals surface area contributed by atoms with Crippen molar-refractivity contribution >= 4 is 21.9 Å². The Morgan fingerprint density at radius 1 is 1.40 bits per heavy atom. The number of benzene rings is 1. The second-order valence-corrected chi connectivity index (χ2v) is 3.92. The van der Waals surface area contributed by atoms with E-state index in [1.807, 2.05) is 19.1 Å². The van der Waals surface area contributed by atoms with Crippen LogP contribution < -0.4 is 4.74 Å². The number of hydrogen-bond acceptors (Lipinski definition) is 3. The van der Waals surface area contributed by atoms with E-state index in [2.05, 4.69) is 15.9 Å². The molecule has 1 aromatic rings. The van der Waals surface area contributed by atoms with Crippen LogP contribution in [-0.4, -0.2) is 19.2 Å². The van der Waals surface area contributed by atoms with Gasteiger partial charge >= 0.3 is 5.97 Å². The molecule has 3 nitrogen and oxygen atoms in total. The van der Waals surface area contributed by atoms with Gasteiger partial charge in [-0.2, -0.15) is 0 Å². The van der Waals surface area contributed by atoms with E-state index < -0.39 is 6.10 Å². The lowest BCUT2D eigenvalue weighted by molar-refractivity contribution is -0.145. The lowest BCUT2D eigenvalue weighted by Crippen LogP contribution is -2.26. The Kier molecular flexibility index (Phi) is 4.78. The minimum Gasteiger partial charge on any atom is -0.425 e. The van der Waals surface area contributed by atoms with Crippen molar-refractivity contribution in [3.8, 4) is 5.75 Å². The van der Waals surface area contributed by atoms with Crippen LogP contribution in [0.2, 0.25) is 0 Å². The van der Waals surface area contributed by atoms with Crippen molar-refractivity contribution in [2.24, 2.45) is 0 Å². The van der Waals surface area contributed by atoms with E-state index in [1.165, 1.54) is 7.11 Å². The maximum absolute atomic E-state index is 11.5. The lowest BCUT2D eigenvalue weighted by atomic mass is 10.3. The first-order valence-electron chi connectivity index (χ1n) is 4.67. The van der Waals surface area contributed by atoms with Crippen LogP contribution in [0, 0.1) is 0 Å². The van der Waals surface area contributed by atoms with Gasteiger partial charge in [-0.25, -0.2) is 4.79 Å². The maximum atomic E-state index is 11.5. The van der Waals surface area contributed by atoms with E-state index in [-0.39, 0.29) is 5.97 Å². The van der Waals surface area contributed by atoms with Gasteiger partial charge in [-0.05, 0) is 30.7 Å². The number of carbonyl (C=O) groups is 1. The zero-order valence-electron chi connectivity index (χ0n) is 8.70. The predicted octanol–water partition coefficient (Wildman–Crippen LogP) is 2.78. The third-order valence-electron chi connectivity index (χ3n) is 1.95. The number of carbonyl (C=O) groups excluding carboxylic acids is 1. The van der Waals surface area contributed by atoms with Crippen LogP contribution in [-0.2, 0) is 9.53 Å². The quantitative estimate of drug-likeness (QED) is 0.625. The number of ether oxygens (including phenoxy) is 2. The Morgan fingerprint density at radius 2 is 2.00 bits per heavy atom. The smallest absolute Gasteiger partial charge is 0.340 e. The molecule has 0 amide bonds. The van der Waals surface area contributed by atoms with Crippen LogP contribution in [0.3, 0.4) is 0 Å². The van der Waals surface area contributed by atoms with E-state index >= 15 is 0 Å². The van der Waals surface area contributed by atoms with Crippen LogP contribution in [0.4, 0.5) is 0 Å². The summed E-state index contributed by atoms with van der Waals surface area (Å²) < 4.78 is 11.0. The van der Waals surface area contributed by atoms with Gasteiger partial charge in [0.1, 0.15) is 5.75 Å². The first-order chi connectivity index (χ1) is 7.17. The van der Waals surface area contributed by atoms with Crippen molar-refractivity contribution in [3.63, 3.8) is 0 Å². The molecule has 0 aliphatic rings. The highest BCUT2D eigenvalue weighted by Crippen LogP contribution is 2.17. The summed E-state index contributed by atoms with van der Waals surface area (Å²) in [5.74, 6) is 0.168. The zero-order valence-corrected chi connectivity index (χ0v) is 10.3. The Bertz CT molecular complexity index is 317. The van der Waals surface area contributed by atoms with E-state index in [0.717, 1.165) is 4.47 Å². The number of rotatable bonds is 4. The van der Waals surface area contributed by atoms with Gasteiger partial charge in [0.2, 0.25) is 0 Å². The van der Waals surface area contributed by atoms with Crippen molar-refractivity contribution in [3.05, 3.63) is 28.7 Å². The van der Waals surface area contributed by atoms with Crippen molar-refractivity contribution in [1.82, 2.24) is 0 Å². The maximum Gasteiger partial charge on any atom is 0.340 e. The molecule has 1 atom stereocenters. The first kappa shape index (κ1) is 12.2. The molecule has 0 aliphatic carbocycles. The lowest BCUT2D eigenvalue weighted by Gasteiger charge is -2.11. The normalized spacial score (nSPS) is 12.2. The largest absolute Gasteiger partial charge is 0.425 e. The van der Waals surface area contributed by atoms with Crippen LogP contribution in [0.5, 0.6) is 5.75 Å². The van der Waals surface area contributed by atoms with Crippen LogP contribution in [0.25, 0.3) is 0 Å². The minimum atomic E-state index is -0.492.